The normalized spacial score (nSPS) is 10.8. The highest BCUT2D eigenvalue weighted by atomic mass is 35.5. The molecule has 0 aliphatic heterocycles. The Balaban J connectivity index is 2.70. The molecular weight excluding hydrogens is 202 g/mol. The fourth-order valence-corrected chi connectivity index (χ4v) is 1.60. The molecule has 0 bridgehead atoms. The Hall–Kier alpha value is -1.26. The van der Waals surface area contributed by atoms with Gasteiger partial charge in [0.15, 0.2) is 5.15 Å². The highest BCUT2D eigenvalue weighted by Gasteiger charge is 2.08. The minimum atomic E-state index is 0.361. The van der Waals surface area contributed by atoms with Crippen LogP contribution in [0.1, 0.15) is 5.82 Å². The zero-order valence-electron chi connectivity index (χ0n) is 7.70. The molecule has 0 atom stereocenters. The minimum absolute atomic E-state index is 0.361. The lowest BCUT2D eigenvalue weighted by atomic mass is 10.4. The van der Waals surface area contributed by atoms with Crippen LogP contribution >= 0.6 is 11.6 Å². The van der Waals surface area contributed by atoms with Crippen LogP contribution in [0.25, 0.3) is 5.52 Å². The minimum Gasteiger partial charge on any atom is -0.497 e. The molecule has 0 unspecified atom stereocenters. The van der Waals surface area contributed by atoms with E-state index in [0.717, 1.165) is 17.1 Å². The van der Waals surface area contributed by atoms with Crippen molar-refractivity contribution in [1.82, 2.24) is 9.38 Å². The second kappa shape index (κ2) is 3.48. The molecule has 5 heteroatoms. The van der Waals surface area contributed by atoms with Crippen molar-refractivity contribution < 1.29 is 4.74 Å². The molecule has 74 valence electrons. The van der Waals surface area contributed by atoms with E-state index in [9.17, 15) is 0 Å². The summed E-state index contributed by atoms with van der Waals surface area (Å²) >= 11 is 5.94. The first-order valence-corrected chi connectivity index (χ1v) is 4.54. The van der Waals surface area contributed by atoms with Crippen molar-refractivity contribution in [2.45, 2.75) is 6.54 Å². The van der Waals surface area contributed by atoms with Crippen LogP contribution in [-0.2, 0) is 6.54 Å². The number of pyridine rings is 1. The van der Waals surface area contributed by atoms with Crippen molar-refractivity contribution >= 4 is 17.1 Å². The molecule has 0 fully saturated rings. The van der Waals surface area contributed by atoms with Gasteiger partial charge < -0.3 is 14.9 Å². The summed E-state index contributed by atoms with van der Waals surface area (Å²) in [5.74, 6) is 1.50. The quantitative estimate of drug-likeness (QED) is 0.818. The van der Waals surface area contributed by atoms with Gasteiger partial charge in [0.2, 0.25) is 0 Å². The summed E-state index contributed by atoms with van der Waals surface area (Å²) < 4.78 is 6.94. The smallest absolute Gasteiger partial charge is 0.155 e. The molecule has 0 aliphatic carbocycles. The monoisotopic (exact) mass is 211 g/mol. The van der Waals surface area contributed by atoms with Crippen LogP contribution < -0.4 is 10.5 Å². The van der Waals surface area contributed by atoms with Crippen molar-refractivity contribution in [3.8, 4) is 5.75 Å². The summed E-state index contributed by atoms with van der Waals surface area (Å²) in [6, 6.07) is 3.67. The summed E-state index contributed by atoms with van der Waals surface area (Å²) in [6.07, 6.45) is 1.84. The van der Waals surface area contributed by atoms with Crippen LogP contribution in [0.5, 0.6) is 5.75 Å². The number of hydrogen-bond acceptors (Lipinski definition) is 3. The van der Waals surface area contributed by atoms with E-state index in [1.54, 1.807) is 7.11 Å². The van der Waals surface area contributed by atoms with Gasteiger partial charge in [-0.05, 0) is 6.07 Å². The molecule has 4 nitrogen and oxygen atoms in total. The number of nitrogens with two attached hydrogens (primary N) is 1. The first-order chi connectivity index (χ1) is 6.76. The number of methoxy groups -OCH3 is 1. The first-order valence-electron chi connectivity index (χ1n) is 4.17. The van der Waals surface area contributed by atoms with Gasteiger partial charge in [-0.15, -0.1) is 0 Å². The van der Waals surface area contributed by atoms with Crippen LogP contribution in [0.2, 0.25) is 5.15 Å². The third-order valence-corrected chi connectivity index (χ3v) is 2.34. The van der Waals surface area contributed by atoms with Gasteiger partial charge in [0.05, 0.1) is 19.2 Å². The van der Waals surface area contributed by atoms with Gasteiger partial charge in [-0.1, -0.05) is 11.6 Å². The molecule has 0 saturated heterocycles. The SMILES string of the molecule is COc1ccn2c(CN)nc(Cl)c2c1. The summed E-state index contributed by atoms with van der Waals surface area (Å²) in [7, 11) is 1.61. The number of ether oxygens (including phenoxy) is 1. The van der Waals surface area contributed by atoms with E-state index in [1.807, 2.05) is 22.7 Å². The van der Waals surface area contributed by atoms with Gasteiger partial charge in [-0.3, -0.25) is 0 Å². The maximum absolute atomic E-state index is 5.94. The van der Waals surface area contributed by atoms with E-state index >= 15 is 0 Å². The maximum atomic E-state index is 5.94. The molecule has 2 rings (SSSR count). The Bertz CT molecular complexity index is 466. The molecule has 0 radical (unpaired) electrons. The van der Waals surface area contributed by atoms with E-state index in [0.29, 0.717) is 11.7 Å². The molecule has 0 aromatic carbocycles. The molecule has 2 aromatic heterocycles. The number of halogens is 1. The van der Waals surface area contributed by atoms with Crippen LogP contribution in [0.4, 0.5) is 0 Å². The topological polar surface area (TPSA) is 52.5 Å². The fraction of sp³-hybridized carbons (Fsp3) is 0.222. The van der Waals surface area contributed by atoms with Gasteiger partial charge in [0.1, 0.15) is 11.6 Å². The molecule has 14 heavy (non-hydrogen) atoms. The first kappa shape index (κ1) is 9.30. The fourth-order valence-electron chi connectivity index (χ4n) is 1.36. The molecule has 2 aromatic rings. The number of rotatable bonds is 2. The molecular formula is C9H10ClN3O. The van der Waals surface area contributed by atoms with Crippen molar-refractivity contribution in [2.24, 2.45) is 5.73 Å². The maximum Gasteiger partial charge on any atom is 0.155 e. The third-order valence-electron chi connectivity index (χ3n) is 2.06. The average molecular weight is 212 g/mol. The average Bonchev–Trinajstić information content (AvgIpc) is 2.55. The summed E-state index contributed by atoms with van der Waals surface area (Å²) in [6.45, 7) is 0.361. The standard InChI is InChI=1S/C9H10ClN3O/c1-14-6-2-3-13-7(4-6)9(10)12-8(13)5-11/h2-4H,5,11H2,1H3. The number of aromatic nitrogens is 2. The van der Waals surface area contributed by atoms with Crippen molar-refractivity contribution in [1.29, 1.82) is 0 Å². The summed E-state index contributed by atoms with van der Waals surface area (Å²) in [5, 5.41) is 0.448. The highest BCUT2D eigenvalue weighted by molar-refractivity contribution is 6.32. The second-order valence-corrected chi connectivity index (χ2v) is 3.20. The Kier molecular flexibility index (Phi) is 2.31. The second-order valence-electron chi connectivity index (χ2n) is 2.84. The molecule has 2 heterocycles. The zero-order valence-corrected chi connectivity index (χ0v) is 8.45. The molecule has 0 aliphatic rings. The third kappa shape index (κ3) is 1.32. The van der Waals surface area contributed by atoms with Gasteiger partial charge in [0.25, 0.3) is 0 Å². The molecule has 0 amide bonds. The van der Waals surface area contributed by atoms with Crippen molar-refractivity contribution in [2.75, 3.05) is 7.11 Å². The Morgan fingerprint density at radius 1 is 1.64 bits per heavy atom. The Morgan fingerprint density at radius 2 is 2.43 bits per heavy atom. The van der Waals surface area contributed by atoms with Gasteiger partial charge in [0, 0.05) is 12.3 Å². The van der Waals surface area contributed by atoms with Crippen molar-refractivity contribution in [3.05, 3.63) is 29.3 Å². The Morgan fingerprint density at radius 3 is 3.07 bits per heavy atom. The summed E-state index contributed by atoms with van der Waals surface area (Å²) in [5.41, 5.74) is 6.34. The van der Waals surface area contributed by atoms with E-state index in [4.69, 9.17) is 22.1 Å². The molecule has 0 saturated carbocycles. The van der Waals surface area contributed by atoms with Crippen LogP contribution in [0.3, 0.4) is 0 Å². The predicted octanol–water partition coefficient (Wildman–Crippen LogP) is 1.45. The number of imidazole rings is 1. The van der Waals surface area contributed by atoms with E-state index < -0.39 is 0 Å². The summed E-state index contributed by atoms with van der Waals surface area (Å²) in [4.78, 5) is 4.13. The highest BCUT2D eigenvalue weighted by Crippen LogP contribution is 2.22. The van der Waals surface area contributed by atoms with E-state index in [-0.39, 0.29) is 0 Å². The zero-order chi connectivity index (χ0) is 10.1. The van der Waals surface area contributed by atoms with Gasteiger partial charge in [-0.2, -0.15) is 0 Å². The number of fused-ring (bicyclic) bond motifs is 1. The molecule has 0 spiro atoms. The van der Waals surface area contributed by atoms with Crippen LogP contribution in [-0.4, -0.2) is 16.5 Å². The lowest BCUT2D eigenvalue weighted by molar-refractivity contribution is 0.414. The molecule has 2 N–H and O–H groups in total. The van der Waals surface area contributed by atoms with Crippen molar-refractivity contribution in [3.63, 3.8) is 0 Å². The lowest BCUT2D eigenvalue weighted by Gasteiger charge is -2.01. The van der Waals surface area contributed by atoms with E-state index in [2.05, 4.69) is 4.98 Å². The predicted molar refractivity (Wildman–Crippen MR) is 54.6 cm³/mol. The lowest BCUT2D eigenvalue weighted by Crippen LogP contribution is -2.02. The van der Waals surface area contributed by atoms with Crippen LogP contribution in [0.15, 0.2) is 18.3 Å². The number of nitrogens with zero attached hydrogens (tertiary/aromatic N) is 2. The largest absolute Gasteiger partial charge is 0.497 e. The number of hydrogen-bond donors (Lipinski definition) is 1. The van der Waals surface area contributed by atoms with Crippen LogP contribution in [0, 0.1) is 0 Å². The van der Waals surface area contributed by atoms with E-state index in [1.165, 1.54) is 0 Å². The van der Waals surface area contributed by atoms with Gasteiger partial charge in [-0.25, -0.2) is 4.98 Å². The Labute approximate surface area is 86.3 Å². The van der Waals surface area contributed by atoms with Gasteiger partial charge >= 0.3 is 0 Å².